The zero-order valence-electron chi connectivity index (χ0n) is 19.1. The number of Topliss-reactive ketones (excluding diaryl/α,β-unsaturated/α-hetero) is 1. The molecule has 1 aliphatic heterocycles. The van der Waals surface area contributed by atoms with Gasteiger partial charge in [0.2, 0.25) is 0 Å². The summed E-state index contributed by atoms with van der Waals surface area (Å²) in [6.45, 7) is 10.8. The summed E-state index contributed by atoms with van der Waals surface area (Å²) in [6, 6.07) is 0. The van der Waals surface area contributed by atoms with Crippen molar-refractivity contribution in [2.45, 2.75) is 97.5 Å². The lowest BCUT2D eigenvalue weighted by molar-refractivity contribution is -0.169. The molecule has 1 N–H and O–H groups in total. The molecule has 5 aliphatic rings. The fraction of sp³-hybridized carbons (Fsp3) is 0.962. The van der Waals surface area contributed by atoms with E-state index in [1.165, 1.54) is 58.0 Å². The number of aliphatic hydroxyl groups excluding tert-OH is 1. The summed E-state index contributed by atoms with van der Waals surface area (Å²) in [7, 11) is 0. The minimum absolute atomic E-state index is 0.0557. The number of rotatable bonds is 2. The van der Waals surface area contributed by atoms with Crippen LogP contribution in [-0.4, -0.2) is 41.5 Å². The van der Waals surface area contributed by atoms with Crippen molar-refractivity contribution in [1.82, 2.24) is 4.90 Å². The predicted molar refractivity (Wildman–Crippen MR) is 117 cm³/mol. The summed E-state index contributed by atoms with van der Waals surface area (Å²) >= 11 is 0. The van der Waals surface area contributed by atoms with Gasteiger partial charge in [0, 0.05) is 17.9 Å². The molecule has 1 heterocycles. The molecular weight excluding hydrogens is 358 g/mol. The first-order valence-electron chi connectivity index (χ1n) is 12.7. The van der Waals surface area contributed by atoms with Gasteiger partial charge in [-0.3, -0.25) is 4.79 Å². The van der Waals surface area contributed by atoms with Gasteiger partial charge in [0.1, 0.15) is 5.78 Å². The van der Waals surface area contributed by atoms with E-state index in [4.69, 9.17) is 0 Å². The lowest BCUT2D eigenvalue weighted by atomic mass is 9.40. The summed E-state index contributed by atoms with van der Waals surface area (Å²) in [4.78, 5) is 16.2. The molecule has 4 aliphatic carbocycles. The fourth-order valence-corrected chi connectivity index (χ4v) is 9.16. The maximum absolute atomic E-state index is 13.6. The van der Waals surface area contributed by atoms with Gasteiger partial charge in [-0.15, -0.1) is 0 Å². The first-order valence-corrected chi connectivity index (χ1v) is 12.7. The molecule has 0 amide bonds. The molecule has 0 spiro atoms. The molecule has 3 heteroatoms. The third kappa shape index (κ3) is 3.00. The minimum atomic E-state index is -0.0968. The molecule has 0 aromatic heterocycles. The van der Waals surface area contributed by atoms with Gasteiger partial charge >= 0.3 is 0 Å². The Labute approximate surface area is 178 Å². The molecule has 164 valence electrons. The molecule has 0 unspecified atom stereocenters. The van der Waals surface area contributed by atoms with Crippen molar-refractivity contribution in [3.05, 3.63) is 0 Å². The Hall–Kier alpha value is -0.410. The summed E-state index contributed by atoms with van der Waals surface area (Å²) in [5.41, 5.74) is 0.583. The molecule has 0 bridgehead atoms. The van der Waals surface area contributed by atoms with Crippen LogP contribution >= 0.6 is 0 Å². The highest BCUT2D eigenvalue weighted by atomic mass is 16.3. The van der Waals surface area contributed by atoms with Gasteiger partial charge in [-0.25, -0.2) is 0 Å². The number of hydrogen-bond donors (Lipinski definition) is 1. The third-order valence-corrected chi connectivity index (χ3v) is 11.1. The number of carbonyl (C=O) groups is 1. The van der Waals surface area contributed by atoms with E-state index >= 15 is 0 Å². The third-order valence-electron chi connectivity index (χ3n) is 11.1. The second-order valence-electron chi connectivity index (χ2n) is 12.4. The van der Waals surface area contributed by atoms with E-state index in [1.54, 1.807) is 0 Å². The number of fused-ring (bicyclic) bond motifs is 5. The molecule has 4 saturated carbocycles. The molecule has 29 heavy (non-hydrogen) atoms. The topological polar surface area (TPSA) is 40.5 Å². The Morgan fingerprint density at radius 2 is 1.72 bits per heavy atom. The standard InChI is InChI=1S/C26H43NO2/c1-24-10-8-20-21(26(24,3)12-7-19(28)16-24)9-11-25(2)22(20)15-18(23(25)29)17-27-13-5-4-6-14-27/h18-22,28H,4-17H2,1-3H3/t18-,19-,20+,21-,22+,24+,25+,26-/m1/s1. The van der Waals surface area contributed by atoms with E-state index in [1.807, 2.05) is 0 Å². The summed E-state index contributed by atoms with van der Waals surface area (Å²) in [5, 5.41) is 10.4. The van der Waals surface area contributed by atoms with Crippen molar-refractivity contribution in [3.8, 4) is 0 Å². The second-order valence-corrected chi connectivity index (χ2v) is 12.4. The van der Waals surface area contributed by atoms with Crippen LogP contribution in [0.15, 0.2) is 0 Å². The van der Waals surface area contributed by atoms with Crippen LogP contribution in [0.2, 0.25) is 0 Å². The Kier molecular flexibility index (Phi) is 4.98. The predicted octanol–water partition coefficient (Wildman–Crippen LogP) is 5.06. The SMILES string of the molecule is C[C@@]12CC[C@H]3[C@@H](CC[C@]4(C)C(=O)[C@@H](CN5CCCCC5)C[C@@H]34)[C@@]1(C)CC[C@@H](O)C2. The van der Waals surface area contributed by atoms with Crippen LogP contribution in [-0.2, 0) is 4.79 Å². The summed E-state index contributed by atoms with van der Waals surface area (Å²) in [6.07, 6.45) is 13.1. The highest BCUT2D eigenvalue weighted by molar-refractivity contribution is 5.89. The number of nitrogens with zero attached hydrogens (tertiary/aromatic N) is 1. The van der Waals surface area contributed by atoms with Gasteiger partial charge in [-0.2, -0.15) is 0 Å². The first kappa shape index (κ1) is 20.5. The van der Waals surface area contributed by atoms with E-state index < -0.39 is 0 Å². The summed E-state index contributed by atoms with van der Waals surface area (Å²) in [5.74, 6) is 3.00. The van der Waals surface area contributed by atoms with E-state index in [0.717, 1.165) is 44.1 Å². The normalized spacial score (nSPS) is 53.2. The molecule has 5 fully saturated rings. The fourth-order valence-electron chi connectivity index (χ4n) is 9.16. The minimum Gasteiger partial charge on any atom is -0.393 e. The van der Waals surface area contributed by atoms with E-state index in [2.05, 4.69) is 25.7 Å². The molecule has 0 radical (unpaired) electrons. The molecule has 5 rings (SSSR count). The van der Waals surface area contributed by atoms with Crippen LogP contribution in [0.1, 0.15) is 91.4 Å². The van der Waals surface area contributed by atoms with Crippen LogP contribution < -0.4 is 0 Å². The quantitative estimate of drug-likeness (QED) is 0.703. The number of likely N-dealkylation sites (tertiary alicyclic amines) is 1. The van der Waals surface area contributed by atoms with Crippen LogP contribution in [0, 0.1) is 39.9 Å². The van der Waals surface area contributed by atoms with Gasteiger partial charge < -0.3 is 10.0 Å². The lowest BCUT2D eigenvalue weighted by Crippen LogP contribution is -2.58. The second kappa shape index (κ2) is 7.05. The van der Waals surface area contributed by atoms with Crippen molar-refractivity contribution in [3.63, 3.8) is 0 Å². The smallest absolute Gasteiger partial charge is 0.143 e. The highest BCUT2D eigenvalue weighted by Gasteiger charge is 2.64. The Morgan fingerprint density at radius 1 is 0.966 bits per heavy atom. The molecule has 1 saturated heterocycles. The number of piperidine rings is 1. The van der Waals surface area contributed by atoms with E-state index in [0.29, 0.717) is 17.1 Å². The number of aliphatic hydroxyl groups is 1. The van der Waals surface area contributed by atoms with Crippen molar-refractivity contribution in [2.24, 2.45) is 39.9 Å². The lowest BCUT2D eigenvalue weighted by Gasteiger charge is -2.64. The zero-order valence-corrected chi connectivity index (χ0v) is 19.1. The molecule has 0 aromatic carbocycles. The first-order chi connectivity index (χ1) is 13.8. The summed E-state index contributed by atoms with van der Waals surface area (Å²) < 4.78 is 0. The zero-order chi connectivity index (χ0) is 20.4. The largest absolute Gasteiger partial charge is 0.393 e. The van der Waals surface area contributed by atoms with E-state index in [-0.39, 0.29) is 22.9 Å². The molecule has 8 atom stereocenters. The number of carbonyl (C=O) groups excluding carboxylic acids is 1. The molecule has 0 aromatic rings. The van der Waals surface area contributed by atoms with Crippen LogP contribution in [0.4, 0.5) is 0 Å². The molecule has 3 nitrogen and oxygen atoms in total. The van der Waals surface area contributed by atoms with Crippen LogP contribution in [0.5, 0.6) is 0 Å². The highest BCUT2D eigenvalue weighted by Crippen LogP contribution is 2.69. The van der Waals surface area contributed by atoms with Crippen molar-refractivity contribution in [1.29, 1.82) is 0 Å². The van der Waals surface area contributed by atoms with Crippen molar-refractivity contribution in [2.75, 3.05) is 19.6 Å². The Balaban J connectivity index is 1.37. The van der Waals surface area contributed by atoms with Crippen molar-refractivity contribution >= 4 is 5.78 Å². The van der Waals surface area contributed by atoms with Crippen LogP contribution in [0.25, 0.3) is 0 Å². The number of hydrogen-bond acceptors (Lipinski definition) is 3. The van der Waals surface area contributed by atoms with Crippen LogP contribution in [0.3, 0.4) is 0 Å². The van der Waals surface area contributed by atoms with Gasteiger partial charge in [-0.1, -0.05) is 27.2 Å². The van der Waals surface area contributed by atoms with Gasteiger partial charge in [0.25, 0.3) is 0 Å². The van der Waals surface area contributed by atoms with Gasteiger partial charge in [0.15, 0.2) is 0 Å². The Bertz CT molecular complexity index is 657. The average molecular weight is 402 g/mol. The average Bonchev–Trinajstić information content (AvgIpc) is 2.95. The van der Waals surface area contributed by atoms with E-state index in [9.17, 15) is 9.90 Å². The monoisotopic (exact) mass is 401 g/mol. The van der Waals surface area contributed by atoms with Crippen molar-refractivity contribution < 1.29 is 9.90 Å². The Morgan fingerprint density at radius 3 is 2.48 bits per heavy atom. The van der Waals surface area contributed by atoms with Gasteiger partial charge in [-0.05, 0) is 106 Å². The molecular formula is C26H43NO2. The maximum Gasteiger partial charge on any atom is 0.143 e. The van der Waals surface area contributed by atoms with Gasteiger partial charge in [0.05, 0.1) is 6.10 Å². The number of ketones is 1. The maximum atomic E-state index is 13.6.